The summed E-state index contributed by atoms with van der Waals surface area (Å²) in [6, 6.07) is 17.1. The molecule has 2 aromatic carbocycles. The van der Waals surface area contributed by atoms with E-state index in [-0.39, 0.29) is 24.4 Å². The first-order valence-electron chi connectivity index (χ1n) is 13.4. The molecule has 3 aromatic rings. The summed E-state index contributed by atoms with van der Waals surface area (Å²) < 4.78 is 16.7. The van der Waals surface area contributed by atoms with E-state index in [0.717, 1.165) is 17.7 Å². The second kappa shape index (κ2) is 13.6. The summed E-state index contributed by atoms with van der Waals surface area (Å²) in [5.74, 6) is 1.53. The number of thiophene rings is 1. The number of hydrogen-bond donors (Lipinski definition) is 0. The fourth-order valence-electron chi connectivity index (χ4n) is 4.84. The van der Waals surface area contributed by atoms with Crippen LogP contribution in [0.25, 0.3) is 0 Å². The van der Waals surface area contributed by atoms with Crippen molar-refractivity contribution in [3.8, 4) is 11.5 Å². The lowest BCUT2D eigenvalue weighted by Crippen LogP contribution is -2.48. The molecule has 0 unspecified atom stereocenters. The Kier molecular flexibility index (Phi) is 10.0. The second-order valence-corrected chi connectivity index (χ2v) is 11.0. The minimum absolute atomic E-state index is 0.0151. The van der Waals surface area contributed by atoms with E-state index in [0.29, 0.717) is 50.0 Å². The van der Waals surface area contributed by atoms with Crippen LogP contribution in [0, 0.1) is 0 Å². The normalized spacial score (nSPS) is 14.7. The van der Waals surface area contributed by atoms with Crippen LogP contribution in [0.15, 0.2) is 60.0 Å². The van der Waals surface area contributed by atoms with E-state index in [4.69, 9.17) is 14.2 Å². The minimum atomic E-state index is -0.218. The number of carbonyl (C=O) groups excluding carboxylic acids is 2. The predicted octanol–water partition coefficient (Wildman–Crippen LogP) is 5.56. The number of carbonyl (C=O) groups is 2. The Hall–Kier alpha value is -3.36. The second-order valence-electron chi connectivity index (χ2n) is 9.99. The maximum absolute atomic E-state index is 13.8. The van der Waals surface area contributed by atoms with Crippen LogP contribution in [-0.2, 0) is 16.0 Å². The Morgan fingerprint density at radius 1 is 1.08 bits per heavy atom. The Balaban J connectivity index is 1.51. The average Bonchev–Trinajstić information content (AvgIpc) is 3.44. The molecular formula is C31H38N2O5S. The van der Waals surface area contributed by atoms with Gasteiger partial charge in [-0.15, -0.1) is 11.3 Å². The molecule has 7 nitrogen and oxygen atoms in total. The van der Waals surface area contributed by atoms with Crippen LogP contribution in [-0.4, -0.2) is 68.7 Å². The summed E-state index contributed by atoms with van der Waals surface area (Å²) in [6.07, 6.45) is 1.43. The summed E-state index contributed by atoms with van der Waals surface area (Å²) in [7, 11) is 3.20. The van der Waals surface area contributed by atoms with Gasteiger partial charge in [-0.25, -0.2) is 0 Å². The molecule has 0 N–H and O–H groups in total. The van der Waals surface area contributed by atoms with Crippen molar-refractivity contribution >= 4 is 23.2 Å². The average molecular weight is 551 g/mol. The third-order valence-electron chi connectivity index (χ3n) is 7.08. The Morgan fingerprint density at radius 2 is 1.87 bits per heavy atom. The monoisotopic (exact) mass is 550 g/mol. The van der Waals surface area contributed by atoms with Gasteiger partial charge in [-0.2, -0.15) is 0 Å². The van der Waals surface area contributed by atoms with Gasteiger partial charge in [0.25, 0.3) is 5.91 Å². The summed E-state index contributed by atoms with van der Waals surface area (Å²) in [5.41, 5.74) is 2.87. The fraction of sp³-hybridized carbons (Fsp3) is 0.419. The summed E-state index contributed by atoms with van der Waals surface area (Å²) >= 11 is 1.72. The van der Waals surface area contributed by atoms with Gasteiger partial charge in [-0.3, -0.25) is 9.59 Å². The van der Waals surface area contributed by atoms with E-state index in [1.807, 2.05) is 17.0 Å². The smallest absolute Gasteiger partial charge is 0.254 e. The molecule has 0 saturated heterocycles. The number of hydrogen-bond acceptors (Lipinski definition) is 6. The first-order chi connectivity index (χ1) is 18.9. The number of methoxy groups -OCH3 is 2. The van der Waals surface area contributed by atoms with Gasteiger partial charge in [0.1, 0.15) is 24.7 Å². The molecule has 0 spiro atoms. The van der Waals surface area contributed by atoms with Gasteiger partial charge in [0.2, 0.25) is 5.91 Å². The standard InChI is InChI=1S/C31H38N2O5S/c1-22(2)23-9-11-25(12-10-23)38-21-28-27-14-18-39-29(27)13-16-33(28)30(34)20-32(15-6-17-36-3)31(35)24-7-5-8-26(19-24)37-4/h5,7-12,14,18-19,22,28H,6,13,15-17,20-21H2,1-4H3/t28-/m1/s1. The summed E-state index contributed by atoms with van der Waals surface area (Å²) in [4.78, 5) is 32.1. The molecule has 2 amide bonds. The number of fused-ring (bicyclic) bond motifs is 1. The molecule has 208 valence electrons. The lowest BCUT2D eigenvalue weighted by Gasteiger charge is -2.37. The third kappa shape index (κ3) is 7.19. The quantitative estimate of drug-likeness (QED) is 0.276. The number of nitrogens with zero attached hydrogens (tertiary/aromatic N) is 2. The van der Waals surface area contributed by atoms with E-state index >= 15 is 0 Å². The van der Waals surface area contributed by atoms with Crippen LogP contribution in [0.4, 0.5) is 0 Å². The van der Waals surface area contributed by atoms with Gasteiger partial charge < -0.3 is 24.0 Å². The maximum Gasteiger partial charge on any atom is 0.254 e. The minimum Gasteiger partial charge on any atom is -0.497 e. The van der Waals surface area contributed by atoms with Gasteiger partial charge in [-0.05, 0) is 71.7 Å². The molecule has 2 heterocycles. The topological polar surface area (TPSA) is 68.3 Å². The van der Waals surface area contributed by atoms with Crippen LogP contribution in [0.3, 0.4) is 0 Å². The van der Waals surface area contributed by atoms with Crippen molar-refractivity contribution in [3.05, 3.63) is 81.5 Å². The van der Waals surface area contributed by atoms with Crippen molar-refractivity contribution < 1.29 is 23.8 Å². The van der Waals surface area contributed by atoms with Crippen molar-refractivity contribution in [2.45, 2.75) is 38.6 Å². The largest absolute Gasteiger partial charge is 0.497 e. The lowest BCUT2D eigenvalue weighted by molar-refractivity contribution is -0.135. The molecule has 1 aromatic heterocycles. The van der Waals surface area contributed by atoms with Crippen LogP contribution in [0.1, 0.15) is 58.6 Å². The van der Waals surface area contributed by atoms with E-state index in [9.17, 15) is 9.59 Å². The first kappa shape index (κ1) is 28.6. The van der Waals surface area contributed by atoms with Gasteiger partial charge in [0, 0.05) is 37.2 Å². The van der Waals surface area contributed by atoms with Crippen LogP contribution < -0.4 is 9.47 Å². The van der Waals surface area contributed by atoms with E-state index in [1.165, 1.54) is 10.4 Å². The Bertz CT molecular complexity index is 1240. The van der Waals surface area contributed by atoms with Crippen molar-refractivity contribution in [1.29, 1.82) is 0 Å². The van der Waals surface area contributed by atoms with Gasteiger partial charge >= 0.3 is 0 Å². The molecule has 39 heavy (non-hydrogen) atoms. The SMILES string of the molecule is COCCCN(CC(=O)N1CCc2sccc2[C@H]1COc1ccc(C(C)C)cc1)C(=O)c1cccc(OC)c1. The van der Waals surface area contributed by atoms with Gasteiger partial charge in [-0.1, -0.05) is 32.0 Å². The molecule has 4 rings (SSSR count). The molecular weight excluding hydrogens is 512 g/mol. The molecule has 0 saturated carbocycles. The van der Waals surface area contributed by atoms with Crippen molar-refractivity contribution in [1.82, 2.24) is 9.80 Å². The zero-order valence-electron chi connectivity index (χ0n) is 23.2. The zero-order valence-corrected chi connectivity index (χ0v) is 24.0. The fourth-order valence-corrected chi connectivity index (χ4v) is 5.77. The van der Waals surface area contributed by atoms with Crippen molar-refractivity contribution in [3.63, 3.8) is 0 Å². The number of benzene rings is 2. The third-order valence-corrected chi connectivity index (χ3v) is 8.07. The Morgan fingerprint density at radius 3 is 2.59 bits per heavy atom. The van der Waals surface area contributed by atoms with E-state index < -0.39 is 0 Å². The number of ether oxygens (including phenoxy) is 3. The highest BCUT2D eigenvalue weighted by molar-refractivity contribution is 7.10. The number of amides is 2. The highest BCUT2D eigenvalue weighted by Crippen LogP contribution is 2.34. The molecule has 1 aliphatic rings. The summed E-state index contributed by atoms with van der Waals surface area (Å²) in [5, 5.41) is 2.08. The van der Waals surface area contributed by atoms with Crippen LogP contribution >= 0.6 is 11.3 Å². The summed E-state index contributed by atoms with van der Waals surface area (Å²) in [6.45, 7) is 6.17. The maximum atomic E-state index is 13.8. The molecule has 0 bridgehead atoms. The van der Waals surface area contributed by atoms with Crippen molar-refractivity contribution in [2.24, 2.45) is 0 Å². The zero-order chi connectivity index (χ0) is 27.8. The van der Waals surface area contributed by atoms with Crippen LogP contribution in [0.5, 0.6) is 11.5 Å². The van der Waals surface area contributed by atoms with Gasteiger partial charge in [0.15, 0.2) is 0 Å². The molecule has 1 aliphatic heterocycles. The molecule has 0 radical (unpaired) electrons. The lowest BCUT2D eigenvalue weighted by atomic mass is 10.00. The Labute approximate surface area is 235 Å². The van der Waals surface area contributed by atoms with E-state index in [1.54, 1.807) is 54.7 Å². The molecule has 1 atom stereocenters. The van der Waals surface area contributed by atoms with E-state index in [2.05, 4.69) is 37.4 Å². The predicted molar refractivity (Wildman–Crippen MR) is 154 cm³/mol. The molecule has 0 aliphatic carbocycles. The first-order valence-corrected chi connectivity index (χ1v) is 14.3. The highest BCUT2D eigenvalue weighted by atomic mass is 32.1. The van der Waals surface area contributed by atoms with Crippen LogP contribution in [0.2, 0.25) is 0 Å². The molecule has 8 heteroatoms. The van der Waals surface area contributed by atoms with Crippen molar-refractivity contribution in [2.75, 3.05) is 47.1 Å². The molecule has 0 fully saturated rings. The van der Waals surface area contributed by atoms with Gasteiger partial charge in [0.05, 0.1) is 13.2 Å². The highest BCUT2D eigenvalue weighted by Gasteiger charge is 2.33. The number of rotatable bonds is 12.